The first kappa shape index (κ1) is 14.3. The zero-order valence-corrected chi connectivity index (χ0v) is 12.0. The Balaban J connectivity index is 2.15. The third-order valence-corrected chi connectivity index (χ3v) is 3.36. The van der Waals surface area contributed by atoms with Crippen LogP contribution < -0.4 is 4.90 Å². The Morgan fingerprint density at radius 1 is 1.10 bits per heavy atom. The molecule has 0 aliphatic heterocycles. The summed E-state index contributed by atoms with van der Waals surface area (Å²) in [5.41, 5.74) is 3.41. The number of carbonyl (C=O) groups is 1. The Morgan fingerprint density at radius 2 is 1.75 bits per heavy atom. The number of benzene rings is 2. The zero-order chi connectivity index (χ0) is 14.7. The summed E-state index contributed by atoms with van der Waals surface area (Å²) >= 11 is 0. The molecule has 0 fully saturated rings. The molecule has 0 atom stereocenters. The first-order chi connectivity index (χ1) is 9.47. The highest BCUT2D eigenvalue weighted by atomic mass is 19.1. The summed E-state index contributed by atoms with van der Waals surface area (Å²) in [5, 5.41) is 0. The van der Waals surface area contributed by atoms with Crippen molar-refractivity contribution in [1.29, 1.82) is 0 Å². The van der Waals surface area contributed by atoms with Crippen LogP contribution in [-0.2, 0) is 6.42 Å². The van der Waals surface area contributed by atoms with E-state index in [0.717, 1.165) is 16.8 Å². The molecule has 0 aromatic heterocycles. The highest BCUT2D eigenvalue weighted by Crippen LogP contribution is 2.16. The minimum absolute atomic E-state index is 0.0463. The Labute approximate surface area is 118 Å². The number of aryl methyl sites for hydroxylation is 1. The van der Waals surface area contributed by atoms with Gasteiger partial charge < -0.3 is 4.90 Å². The summed E-state index contributed by atoms with van der Waals surface area (Å²) in [5.74, 6) is -0.223. The van der Waals surface area contributed by atoms with Crippen molar-refractivity contribution in [3.8, 4) is 0 Å². The normalized spacial score (nSPS) is 10.4. The second-order valence-electron chi connectivity index (χ2n) is 5.11. The Bertz CT molecular complexity index is 617. The van der Waals surface area contributed by atoms with Gasteiger partial charge in [0, 0.05) is 31.8 Å². The van der Waals surface area contributed by atoms with Crippen LogP contribution in [-0.4, -0.2) is 19.9 Å². The van der Waals surface area contributed by atoms with Crippen molar-refractivity contribution < 1.29 is 9.18 Å². The molecule has 0 saturated carbocycles. The second kappa shape index (κ2) is 5.87. The number of halogens is 1. The smallest absolute Gasteiger partial charge is 0.167 e. The highest BCUT2D eigenvalue weighted by Gasteiger charge is 2.09. The van der Waals surface area contributed by atoms with E-state index in [4.69, 9.17) is 0 Å². The molecular formula is C17H18FNO. The first-order valence-corrected chi connectivity index (χ1v) is 6.53. The fourth-order valence-corrected chi connectivity index (χ4v) is 2.08. The number of hydrogen-bond acceptors (Lipinski definition) is 2. The van der Waals surface area contributed by atoms with Gasteiger partial charge in [0.1, 0.15) is 5.82 Å². The van der Waals surface area contributed by atoms with Gasteiger partial charge in [-0.15, -0.1) is 0 Å². The molecule has 3 heteroatoms. The molecule has 2 aromatic carbocycles. The molecular weight excluding hydrogens is 253 g/mol. The van der Waals surface area contributed by atoms with Crippen LogP contribution in [0.1, 0.15) is 21.5 Å². The second-order valence-corrected chi connectivity index (χ2v) is 5.11. The lowest BCUT2D eigenvalue weighted by Gasteiger charge is -2.12. The summed E-state index contributed by atoms with van der Waals surface area (Å²) < 4.78 is 13.0. The van der Waals surface area contributed by atoms with E-state index in [1.54, 1.807) is 6.07 Å². The van der Waals surface area contributed by atoms with Gasteiger partial charge in [-0.2, -0.15) is 0 Å². The predicted molar refractivity (Wildman–Crippen MR) is 79.9 cm³/mol. The number of ketones is 1. The topological polar surface area (TPSA) is 20.3 Å². The summed E-state index contributed by atoms with van der Waals surface area (Å²) in [6.45, 7) is 1.82. The molecule has 0 heterocycles. The Hall–Kier alpha value is -2.16. The van der Waals surface area contributed by atoms with E-state index < -0.39 is 0 Å². The number of Topliss-reactive ketones (excluding diaryl/α,β-unsaturated/α-hetero) is 1. The van der Waals surface area contributed by atoms with Crippen LogP contribution in [0, 0.1) is 12.7 Å². The Morgan fingerprint density at radius 3 is 2.30 bits per heavy atom. The van der Waals surface area contributed by atoms with Gasteiger partial charge >= 0.3 is 0 Å². The van der Waals surface area contributed by atoms with Crippen LogP contribution in [0.15, 0.2) is 42.5 Å². The molecule has 0 spiro atoms. The predicted octanol–water partition coefficient (Wildman–Crippen LogP) is 3.63. The highest BCUT2D eigenvalue weighted by molar-refractivity contribution is 5.97. The van der Waals surface area contributed by atoms with E-state index in [0.29, 0.717) is 12.0 Å². The van der Waals surface area contributed by atoms with E-state index in [1.807, 2.05) is 50.2 Å². The van der Waals surface area contributed by atoms with Gasteiger partial charge in [0.05, 0.1) is 0 Å². The van der Waals surface area contributed by atoms with Crippen LogP contribution in [0.5, 0.6) is 0 Å². The monoisotopic (exact) mass is 271 g/mol. The molecule has 2 rings (SSSR count). The molecule has 0 aliphatic rings. The minimum atomic E-state index is -0.269. The summed E-state index contributed by atoms with van der Waals surface area (Å²) in [6.07, 6.45) is 0.299. The molecule has 0 unspecified atom stereocenters. The third kappa shape index (κ3) is 3.23. The lowest BCUT2D eigenvalue weighted by atomic mass is 9.99. The molecule has 0 saturated heterocycles. The van der Waals surface area contributed by atoms with Crippen molar-refractivity contribution in [2.75, 3.05) is 19.0 Å². The standard InChI is InChI=1S/C17H18FNO/c1-12-10-15(18)7-4-14(12)11-17(20)13-5-8-16(9-6-13)19(2)3/h4-10H,11H2,1-3H3. The number of nitrogens with zero attached hydrogens (tertiary/aromatic N) is 1. The van der Waals surface area contributed by atoms with Crippen molar-refractivity contribution in [2.24, 2.45) is 0 Å². The maximum Gasteiger partial charge on any atom is 0.167 e. The van der Waals surface area contributed by atoms with Crippen LogP contribution in [0.2, 0.25) is 0 Å². The molecule has 0 N–H and O–H groups in total. The van der Waals surface area contributed by atoms with Crippen molar-refractivity contribution in [3.63, 3.8) is 0 Å². The average Bonchev–Trinajstić information content (AvgIpc) is 2.42. The number of hydrogen-bond donors (Lipinski definition) is 0. The van der Waals surface area contributed by atoms with Gasteiger partial charge in [0.2, 0.25) is 0 Å². The fraction of sp³-hybridized carbons (Fsp3) is 0.235. The van der Waals surface area contributed by atoms with Gasteiger partial charge in [-0.05, 0) is 54.4 Å². The van der Waals surface area contributed by atoms with Gasteiger partial charge in [0.25, 0.3) is 0 Å². The summed E-state index contributed by atoms with van der Waals surface area (Å²) in [7, 11) is 3.91. The third-order valence-electron chi connectivity index (χ3n) is 3.36. The van der Waals surface area contributed by atoms with E-state index in [2.05, 4.69) is 0 Å². The lowest BCUT2D eigenvalue weighted by Crippen LogP contribution is -2.09. The molecule has 0 amide bonds. The first-order valence-electron chi connectivity index (χ1n) is 6.53. The molecule has 0 aliphatic carbocycles. The largest absolute Gasteiger partial charge is 0.378 e. The van der Waals surface area contributed by atoms with Gasteiger partial charge in [0.15, 0.2) is 5.78 Å². The fourth-order valence-electron chi connectivity index (χ4n) is 2.08. The summed E-state index contributed by atoms with van der Waals surface area (Å²) in [6, 6.07) is 12.0. The van der Waals surface area contributed by atoms with E-state index in [9.17, 15) is 9.18 Å². The van der Waals surface area contributed by atoms with Crippen LogP contribution >= 0.6 is 0 Å². The molecule has 0 bridgehead atoms. The maximum absolute atomic E-state index is 13.0. The molecule has 20 heavy (non-hydrogen) atoms. The van der Waals surface area contributed by atoms with Crippen molar-refractivity contribution in [1.82, 2.24) is 0 Å². The zero-order valence-electron chi connectivity index (χ0n) is 12.0. The van der Waals surface area contributed by atoms with E-state index >= 15 is 0 Å². The maximum atomic E-state index is 13.0. The quantitative estimate of drug-likeness (QED) is 0.791. The van der Waals surface area contributed by atoms with Crippen molar-refractivity contribution >= 4 is 11.5 Å². The number of rotatable bonds is 4. The molecule has 104 valence electrons. The minimum Gasteiger partial charge on any atom is -0.378 e. The van der Waals surface area contributed by atoms with Crippen LogP contribution in [0.25, 0.3) is 0 Å². The van der Waals surface area contributed by atoms with Crippen LogP contribution in [0.4, 0.5) is 10.1 Å². The molecule has 2 aromatic rings. The van der Waals surface area contributed by atoms with Crippen molar-refractivity contribution in [2.45, 2.75) is 13.3 Å². The average molecular weight is 271 g/mol. The van der Waals surface area contributed by atoms with E-state index in [1.165, 1.54) is 12.1 Å². The van der Waals surface area contributed by atoms with Gasteiger partial charge in [-0.3, -0.25) is 4.79 Å². The van der Waals surface area contributed by atoms with Gasteiger partial charge in [-0.25, -0.2) is 4.39 Å². The number of carbonyl (C=O) groups excluding carboxylic acids is 1. The van der Waals surface area contributed by atoms with Crippen molar-refractivity contribution in [3.05, 3.63) is 65.0 Å². The lowest BCUT2D eigenvalue weighted by molar-refractivity contribution is 0.0992. The summed E-state index contributed by atoms with van der Waals surface area (Å²) in [4.78, 5) is 14.2. The van der Waals surface area contributed by atoms with Gasteiger partial charge in [-0.1, -0.05) is 6.07 Å². The van der Waals surface area contributed by atoms with E-state index in [-0.39, 0.29) is 11.6 Å². The number of anilines is 1. The molecule has 0 radical (unpaired) electrons. The SMILES string of the molecule is Cc1cc(F)ccc1CC(=O)c1ccc(N(C)C)cc1. The Kier molecular flexibility index (Phi) is 4.18. The van der Waals surface area contributed by atoms with Crippen LogP contribution in [0.3, 0.4) is 0 Å². The molecule has 2 nitrogen and oxygen atoms in total.